The average molecular weight is 318 g/mol. The maximum Gasteiger partial charge on any atom is 0.238 e. The van der Waals surface area contributed by atoms with Gasteiger partial charge in [0.15, 0.2) is 11.6 Å². The average Bonchev–Trinajstić information content (AvgIpc) is 2.39. The van der Waals surface area contributed by atoms with Crippen LogP contribution in [0.1, 0.15) is 19.8 Å². The highest BCUT2D eigenvalue weighted by atomic mass is 32.2. The molecule has 118 valence electrons. The number of carbonyl (C=O) groups is 1. The zero-order valence-electron chi connectivity index (χ0n) is 12.0. The summed E-state index contributed by atoms with van der Waals surface area (Å²) in [6.45, 7) is 2.33. The number of nitrogens with two attached hydrogens (primary N) is 1. The molecule has 6 nitrogen and oxygen atoms in total. The fourth-order valence-electron chi connectivity index (χ4n) is 1.60. The summed E-state index contributed by atoms with van der Waals surface area (Å²) in [7, 11) is -2.30. The van der Waals surface area contributed by atoms with Crippen LogP contribution >= 0.6 is 0 Å². The van der Waals surface area contributed by atoms with E-state index in [1.54, 1.807) is 7.05 Å². The molecule has 0 aliphatic carbocycles. The first-order valence-electron chi connectivity index (χ1n) is 6.44. The van der Waals surface area contributed by atoms with Crippen molar-refractivity contribution in [1.29, 1.82) is 0 Å². The third-order valence-electron chi connectivity index (χ3n) is 2.81. The predicted molar refractivity (Wildman–Crippen MR) is 75.8 cm³/mol. The molecule has 1 aromatic carbocycles. The molecule has 2 N–H and O–H groups in total. The number of benzene rings is 1. The maximum absolute atomic E-state index is 13.7. The van der Waals surface area contributed by atoms with E-state index < -0.39 is 15.8 Å². The van der Waals surface area contributed by atoms with Crippen molar-refractivity contribution in [2.45, 2.75) is 24.7 Å². The van der Waals surface area contributed by atoms with Gasteiger partial charge in [0.25, 0.3) is 0 Å². The van der Waals surface area contributed by atoms with Crippen molar-refractivity contribution in [1.82, 2.24) is 4.90 Å². The third kappa shape index (κ3) is 5.31. The number of halogens is 1. The molecule has 1 amide bonds. The van der Waals surface area contributed by atoms with E-state index in [-0.39, 0.29) is 23.2 Å². The Morgan fingerprint density at radius 3 is 2.62 bits per heavy atom. The van der Waals surface area contributed by atoms with Crippen molar-refractivity contribution in [3.63, 3.8) is 0 Å². The van der Waals surface area contributed by atoms with Crippen LogP contribution in [0.4, 0.5) is 4.39 Å². The molecule has 0 aliphatic heterocycles. The van der Waals surface area contributed by atoms with E-state index in [2.05, 4.69) is 0 Å². The summed E-state index contributed by atoms with van der Waals surface area (Å²) in [6.07, 6.45) is 1.21. The first-order valence-corrected chi connectivity index (χ1v) is 7.99. The second kappa shape index (κ2) is 7.37. The smallest absolute Gasteiger partial charge is 0.238 e. The number of nitrogens with zero attached hydrogens (tertiary/aromatic N) is 1. The highest BCUT2D eigenvalue weighted by Crippen LogP contribution is 2.20. The van der Waals surface area contributed by atoms with Crippen LogP contribution in [0, 0.1) is 5.82 Å². The van der Waals surface area contributed by atoms with Crippen LogP contribution < -0.4 is 9.88 Å². The number of carbonyl (C=O) groups excluding carboxylic acids is 1. The minimum atomic E-state index is -3.94. The van der Waals surface area contributed by atoms with Gasteiger partial charge in [-0.2, -0.15) is 0 Å². The van der Waals surface area contributed by atoms with E-state index >= 15 is 0 Å². The molecule has 1 aromatic rings. The molecule has 0 unspecified atom stereocenters. The lowest BCUT2D eigenvalue weighted by Gasteiger charge is -2.17. The summed E-state index contributed by atoms with van der Waals surface area (Å²) in [5.74, 6) is -0.908. The fraction of sp³-hybridized carbons (Fsp3) is 0.462. The molecule has 8 heteroatoms. The molecule has 0 radical (unpaired) electrons. The van der Waals surface area contributed by atoms with E-state index in [0.29, 0.717) is 13.0 Å². The second-order valence-electron chi connectivity index (χ2n) is 4.55. The lowest BCUT2D eigenvalue weighted by Crippen LogP contribution is -2.30. The van der Waals surface area contributed by atoms with Gasteiger partial charge >= 0.3 is 0 Å². The fourth-order valence-corrected chi connectivity index (χ4v) is 2.12. The maximum atomic E-state index is 13.7. The Hall–Kier alpha value is -1.67. The molecule has 0 bridgehead atoms. The normalized spacial score (nSPS) is 11.2. The van der Waals surface area contributed by atoms with Gasteiger partial charge in [0.05, 0.1) is 11.4 Å². The molecule has 0 aliphatic rings. The highest BCUT2D eigenvalue weighted by molar-refractivity contribution is 7.89. The summed E-state index contributed by atoms with van der Waals surface area (Å²) in [5, 5.41) is 4.90. The number of rotatable bonds is 7. The van der Waals surface area contributed by atoms with Crippen molar-refractivity contribution < 1.29 is 22.3 Å². The number of hydrogen-bond donors (Lipinski definition) is 1. The molecule has 0 heterocycles. The molecule has 0 aromatic heterocycles. The predicted octanol–water partition coefficient (Wildman–Crippen LogP) is 1.11. The summed E-state index contributed by atoms with van der Waals surface area (Å²) in [4.78, 5) is 12.7. The second-order valence-corrected chi connectivity index (χ2v) is 6.11. The number of likely N-dealkylation sites (N-methyl/N-ethyl adjacent to an activating group) is 1. The van der Waals surface area contributed by atoms with Crippen molar-refractivity contribution in [2.75, 3.05) is 20.2 Å². The lowest BCUT2D eigenvalue weighted by atomic mass is 10.3. The molecule has 0 fully saturated rings. The molecule has 0 saturated heterocycles. The molecular formula is C13H19FN2O4S. The highest BCUT2D eigenvalue weighted by Gasteiger charge is 2.13. The number of ether oxygens (including phenoxy) is 1. The van der Waals surface area contributed by atoms with E-state index in [4.69, 9.17) is 9.88 Å². The van der Waals surface area contributed by atoms with E-state index in [9.17, 15) is 17.6 Å². The van der Waals surface area contributed by atoms with E-state index in [0.717, 1.165) is 12.5 Å². The van der Waals surface area contributed by atoms with Crippen LogP contribution in [0.15, 0.2) is 23.1 Å². The molecule has 1 rings (SSSR count). The third-order valence-corrected chi connectivity index (χ3v) is 3.72. The van der Waals surface area contributed by atoms with Gasteiger partial charge in [-0.1, -0.05) is 6.92 Å². The summed E-state index contributed by atoms with van der Waals surface area (Å²) in [5.41, 5.74) is 0. The standard InChI is InChI=1S/C13H19FN2O4S/c1-3-4-13(17)16(2)7-8-20-12-6-5-10(9-11(12)14)21(15,18)19/h5-6,9H,3-4,7-8H2,1-2H3,(H2,15,18,19). The van der Waals surface area contributed by atoms with Crippen molar-refractivity contribution >= 4 is 15.9 Å². The van der Waals surface area contributed by atoms with Gasteiger partial charge in [0.2, 0.25) is 15.9 Å². The van der Waals surface area contributed by atoms with Crippen LogP contribution in [0.25, 0.3) is 0 Å². The molecule has 0 saturated carbocycles. The van der Waals surface area contributed by atoms with Gasteiger partial charge in [-0.3, -0.25) is 4.79 Å². The van der Waals surface area contributed by atoms with Crippen LogP contribution in [0.5, 0.6) is 5.75 Å². The number of sulfonamides is 1. The van der Waals surface area contributed by atoms with Crippen molar-refractivity contribution in [3.05, 3.63) is 24.0 Å². The van der Waals surface area contributed by atoms with Gasteiger partial charge in [-0.25, -0.2) is 17.9 Å². The van der Waals surface area contributed by atoms with Crippen LogP contribution in [-0.4, -0.2) is 39.4 Å². The quantitative estimate of drug-likeness (QED) is 0.815. The number of hydrogen-bond acceptors (Lipinski definition) is 4. The summed E-state index contributed by atoms with van der Waals surface area (Å²) in [6, 6.07) is 3.17. The van der Waals surface area contributed by atoms with Gasteiger partial charge in [0, 0.05) is 13.5 Å². The van der Waals surface area contributed by atoms with Gasteiger partial charge in [-0.15, -0.1) is 0 Å². The minimum absolute atomic E-state index is 0.00820. The van der Waals surface area contributed by atoms with E-state index in [1.807, 2.05) is 6.92 Å². The summed E-state index contributed by atoms with van der Waals surface area (Å²) < 4.78 is 41.0. The first-order chi connectivity index (χ1) is 9.75. The zero-order chi connectivity index (χ0) is 16.0. The molecule has 0 spiro atoms. The van der Waals surface area contributed by atoms with Crippen LogP contribution in [0.3, 0.4) is 0 Å². The zero-order valence-corrected chi connectivity index (χ0v) is 12.8. The first kappa shape index (κ1) is 17.4. The van der Waals surface area contributed by atoms with Gasteiger partial charge < -0.3 is 9.64 Å². The lowest BCUT2D eigenvalue weighted by molar-refractivity contribution is -0.130. The van der Waals surface area contributed by atoms with Crippen molar-refractivity contribution in [2.24, 2.45) is 5.14 Å². The van der Waals surface area contributed by atoms with Crippen molar-refractivity contribution in [3.8, 4) is 5.75 Å². The SMILES string of the molecule is CCCC(=O)N(C)CCOc1ccc(S(N)(=O)=O)cc1F. The number of primary sulfonamides is 1. The Morgan fingerprint density at radius 1 is 1.43 bits per heavy atom. The Kier molecular flexibility index (Phi) is 6.10. The Balaban J connectivity index is 2.59. The van der Waals surface area contributed by atoms with Crippen LogP contribution in [-0.2, 0) is 14.8 Å². The number of amides is 1. The minimum Gasteiger partial charge on any atom is -0.489 e. The Morgan fingerprint density at radius 2 is 2.10 bits per heavy atom. The van der Waals surface area contributed by atoms with Gasteiger partial charge in [0.1, 0.15) is 6.61 Å². The summed E-state index contributed by atoms with van der Waals surface area (Å²) >= 11 is 0. The monoisotopic (exact) mass is 318 g/mol. The Bertz CT molecular complexity index is 604. The van der Waals surface area contributed by atoms with Crippen LogP contribution in [0.2, 0.25) is 0 Å². The van der Waals surface area contributed by atoms with E-state index in [1.165, 1.54) is 17.0 Å². The molecule has 21 heavy (non-hydrogen) atoms. The topological polar surface area (TPSA) is 89.7 Å². The van der Waals surface area contributed by atoms with Gasteiger partial charge in [-0.05, 0) is 24.6 Å². The molecular weight excluding hydrogens is 299 g/mol. The largest absolute Gasteiger partial charge is 0.489 e. The Labute approximate surface area is 123 Å². The molecule has 0 atom stereocenters.